The molecule has 1 amide bonds. The largest absolute Gasteiger partial charge is 0.346 e. The van der Waals surface area contributed by atoms with Crippen molar-refractivity contribution in [2.24, 2.45) is 0 Å². The number of pyridine rings is 1. The van der Waals surface area contributed by atoms with E-state index in [1.54, 1.807) is 11.6 Å². The molecule has 2 heterocycles. The minimum atomic E-state index is -0.257. The van der Waals surface area contributed by atoms with Gasteiger partial charge in [0.15, 0.2) is 0 Å². The van der Waals surface area contributed by atoms with Crippen molar-refractivity contribution in [2.45, 2.75) is 13.5 Å². The smallest absolute Gasteiger partial charge is 0.270 e. The molecule has 5 nitrogen and oxygen atoms in total. The summed E-state index contributed by atoms with van der Waals surface area (Å²) in [5.74, 6) is -0.257. The fourth-order valence-corrected chi connectivity index (χ4v) is 2.06. The molecule has 6 heteroatoms. The second-order valence-corrected chi connectivity index (χ2v) is 4.53. The van der Waals surface area contributed by atoms with Crippen LogP contribution in [0.5, 0.6) is 0 Å². The van der Waals surface area contributed by atoms with Crippen molar-refractivity contribution in [2.75, 3.05) is 0 Å². The van der Waals surface area contributed by atoms with Gasteiger partial charge in [-0.1, -0.05) is 0 Å². The monoisotopic (exact) mass is 258 g/mol. The number of amides is 1. The van der Waals surface area contributed by atoms with Crippen LogP contribution in [0.4, 0.5) is 0 Å². The number of carbonyl (C=O) groups is 1. The van der Waals surface area contributed by atoms with Gasteiger partial charge in [0.1, 0.15) is 11.8 Å². The first-order chi connectivity index (χ1) is 8.70. The lowest BCUT2D eigenvalue weighted by Crippen LogP contribution is -2.23. The Morgan fingerprint density at radius 1 is 1.50 bits per heavy atom. The van der Waals surface area contributed by atoms with Gasteiger partial charge in [-0.15, -0.1) is 11.3 Å². The molecular formula is C12H10N4OS. The summed E-state index contributed by atoms with van der Waals surface area (Å²) in [7, 11) is 0. The van der Waals surface area contributed by atoms with Crippen LogP contribution in [-0.2, 0) is 6.54 Å². The van der Waals surface area contributed by atoms with Crippen molar-refractivity contribution in [1.29, 1.82) is 5.26 Å². The predicted octanol–water partition coefficient (Wildman–Crippen LogP) is 1.65. The lowest BCUT2D eigenvalue weighted by atomic mass is 10.2. The maximum Gasteiger partial charge on any atom is 0.270 e. The summed E-state index contributed by atoms with van der Waals surface area (Å²) in [6.45, 7) is 2.34. The van der Waals surface area contributed by atoms with E-state index in [9.17, 15) is 4.79 Å². The number of aryl methyl sites for hydroxylation is 1. The van der Waals surface area contributed by atoms with Gasteiger partial charge < -0.3 is 5.32 Å². The molecule has 0 fully saturated rings. The molecule has 0 saturated carbocycles. The second-order valence-electron chi connectivity index (χ2n) is 3.59. The molecule has 0 aliphatic carbocycles. The topological polar surface area (TPSA) is 78.7 Å². The van der Waals surface area contributed by atoms with Crippen LogP contribution in [0.25, 0.3) is 0 Å². The third-order valence-corrected chi connectivity index (χ3v) is 3.31. The van der Waals surface area contributed by atoms with Crippen molar-refractivity contribution in [1.82, 2.24) is 15.3 Å². The maximum absolute atomic E-state index is 11.8. The molecule has 0 aliphatic rings. The molecule has 0 unspecified atom stereocenters. The van der Waals surface area contributed by atoms with Crippen molar-refractivity contribution >= 4 is 17.2 Å². The Kier molecular flexibility index (Phi) is 3.65. The lowest BCUT2D eigenvalue weighted by Gasteiger charge is -2.03. The number of hydrogen-bond donors (Lipinski definition) is 1. The maximum atomic E-state index is 11.8. The quantitative estimate of drug-likeness (QED) is 0.907. The number of nitrogens with one attached hydrogen (secondary N) is 1. The Bertz CT molecular complexity index is 597. The van der Waals surface area contributed by atoms with Crippen LogP contribution in [0.2, 0.25) is 0 Å². The summed E-state index contributed by atoms with van der Waals surface area (Å²) in [6.07, 6.45) is 1.38. The number of thiazole rings is 1. The summed E-state index contributed by atoms with van der Waals surface area (Å²) in [5.41, 5.74) is 3.41. The zero-order chi connectivity index (χ0) is 13.0. The van der Waals surface area contributed by atoms with E-state index < -0.39 is 0 Å². The number of rotatable bonds is 3. The molecule has 0 spiro atoms. The highest BCUT2D eigenvalue weighted by molar-refractivity contribution is 7.09. The van der Waals surface area contributed by atoms with Crippen LogP contribution in [0.1, 0.15) is 26.6 Å². The van der Waals surface area contributed by atoms with Crippen LogP contribution < -0.4 is 5.32 Å². The van der Waals surface area contributed by atoms with Gasteiger partial charge in [0.2, 0.25) is 0 Å². The predicted molar refractivity (Wildman–Crippen MR) is 67.0 cm³/mol. The summed E-state index contributed by atoms with van der Waals surface area (Å²) in [6, 6.07) is 5.06. The number of aromatic nitrogens is 2. The molecule has 2 aromatic heterocycles. The average molecular weight is 258 g/mol. The first-order valence-corrected chi connectivity index (χ1v) is 6.12. The van der Waals surface area contributed by atoms with E-state index in [2.05, 4.69) is 15.3 Å². The molecular weight excluding hydrogens is 248 g/mol. The van der Waals surface area contributed by atoms with Crippen LogP contribution in [-0.4, -0.2) is 15.9 Å². The Morgan fingerprint density at radius 2 is 2.33 bits per heavy atom. The van der Waals surface area contributed by atoms with Gasteiger partial charge in [-0.2, -0.15) is 5.26 Å². The number of nitriles is 1. The Morgan fingerprint density at radius 3 is 2.89 bits per heavy atom. The highest BCUT2D eigenvalue weighted by atomic mass is 32.1. The fraction of sp³-hybridized carbons (Fsp3) is 0.167. The minimum absolute atomic E-state index is 0.257. The first kappa shape index (κ1) is 12.2. The zero-order valence-corrected chi connectivity index (χ0v) is 10.5. The zero-order valence-electron chi connectivity index (χ0n) is 9.67. The fourth-order valence-electron chi connectivity index (χ4n) is 1.34. The third kappa shape index (κ3) is 2.70. The molecule has 0 saturated heterocycles. The van der Waals surface area contributed by atoms with E-state index in [1.165, 1.54) is 23.6 Å². The molecule has 0 atom stereocenters. The van der Waals surface area contributed by atoms with Gasteiger partial charge in [-0.3, -0.25) is 4.79 Å². The van der Waals surface area contributed by atoms with E-state index in [4.69, 9.17) is 5.26 Å². The molecule has 2 aromatic rings. The number of carbonyl (C=O) groups excluding carboxylic acids is 1. The van der Waals surface area contributed by atoms with Crippen molar-refractivity contribution in [3.8, 4) is 6.07 Å². The van der Waals surface area contributed by atoms with E-state index in [0.29, 0.717) is 17.8 Å². The summed E-state index contributed by atoms with van der Waals surface area (Å²) in [5, 5.41) is 11.4. The summed E-state index contributed by atoms with van der Waals surface area (Å²) in [4.78, 5) is 20.8. The molecule has 0 bridgehead atoms. The highest BCUT2D eigenvalue weighted by Gasteiger charge is 2.08. The van der Waals surface area contributed by atoms with Crippen molar-refractivity contribution in [3.05, 3.63) is 45.7 Å². The molecule has 0 aliphatic heterocycles. The number of nitrogens with zero attached hydrogens (tertiary/aromatic N) is 3. The SMILES string of the molecule is Cc1ncsc1CNC(=O)c1ccc(C#N)cn1. The summed E-state index contributed by atoms with van der Waals surface area (Å²) >= 11 is 1.50. The van der Waals surface area contributed by atoms with E-state index >= 15 is 0 Å². The third-order valence-electron chi connectivity index (χ3n) is 2.38. The molecule has 90 valence electrons. The Balaban J connectivity index is 2.00. The normalized spacial score (nSPS) is 9.78. The minimum Gasteiger partial charge on any atom is -0.346 e. The van der Waals surface area contributed by atoms with Gasteiger partial charge in [0.25, 0.3) is 5.91 Å². The van der Waals surface area contributed by atoms with Gasteiger partial charge >= 0.3 is 0 Å². The van der Waals surface area contributed by atoms with Crippen LogP contribution in [0.15, 0.2) is 23.8 Å². The van der Waals surface area contributed by atoms with Gasteiger partial charge in [0, 0.05) is 11.1 Å². The standard InChI is InChI=1S/C12H10N4OS/c1-8-11(18-7-16-8)6-15-12(17)10-3-2-9(4-13)5-14-10/h2-3,5,7H,6H2,1H3,(H,15,17). The molecule has 1 N–H and O–H groups in total. The number of hydrogen-bond acceptors (Lipinski definition) is 5. The van der Waals surface area contributed by atoms with Gasteiger partial charge in [0.05, 0.1) is 23.3 Å². The van der Waals surface area contributed by atoms with E-state index in [1.807, 2.05) is 13.0 Å². The van der Waals surface area contributed by atoms with Crippen LogP contribution in [0.3, 0.4) is 0 Å². The summed E-state index contributed by atoms with van der Waals surface area (Å²) < 4.78 is 0. The molecule has 0 radical (unpaired) electrons. The van der Waals surface area contributed by atoms with Crippen molar-refractivity contribution < 1.29 is 4.79 Å². The van der Waals surface area contributed by atoms with E-state index in [-0.39, 0.29) is 5.91 Å². The van der Waals surface area contributed by atoms with Gasteiger partial charge in [-0.05, 0) is 19.1 Å². The molecule has 0 aromatic carbocycles. The Hall–Kier alpha value is -2.26. The molecule has 18 heavy (non-hydrogen) atoms. The highest BCUT2D eigenvalue weighted by Crippen LogP contribution is 2.11. The molecule has 2 rings (SSSR count). The Labute approximate surface area is 108 Å². The van der Waals surface area contributed by atoms with Crippen LogP contribution >= 0.6 is 11.3 Å². The van der Waals surface area contributed by atoms with Crippen LogP contribution in [0, 0.1) is 18.3 Å². The van der Waals surface area contributed by atoms with Gasteiger partial charge in [-0.25, -0.2) is 9.97 Å². The average Bonchev–Trinajstić information content (AvgIpc) is 2.81. The van der Waals surface area contributed by atoms with Crippen molar-refractivity contribution in [3.63, 3.8) is 0 Å². The van der Waals surface area contributed by atoms with E-state index in [0.717, 1.165) is 10.6 Å². The first-order valence-electron chi connectivity index (χ1n) is 5.24. The lowest BCUT2D eigenvalue weighted by molar-refractivity contribution is 0.0946. The second kappa shape index (κ2) is 5.38.